The van der Waals surface area contributed by atoms with E-state index < -0.39 is 0 Å². The standard InChI is InChI=1S/C24H31N3O3/c1-18(19-5-9-21(10-6-19)27-13-15-29-16-14-27)25-26-23(28)17-30-22-11-7-20(8-12-22)24(2,3)4/h5-12,25H,1,13-17H2,2-4H3,(H,26,28). The largest absolute Gasteiger partial charge is 0.484 e. The van der Waals surface area contributed by atoms with Crippen LogP contribution in [0.2, 0.25) is 0 Å². The highest BCUT2D eigenvalue weighted by molar-refractivity contribution is 5.78. The summed E-state index contributed by atoms with van der Waals surface area (Å²) in [5.74, 6) is 0.386. The fourth-order valence-corrected chi connectivity index (χ4v) is 3.15. The van der Waals surface area contributed by atoms with Crippen LogP contribution in [0.1, 0.15) is 31.9 Å². The summed E-state index contributed by atoms with van der Waals surface area (Å²) >= 11 is 0. The van der Waals surface area contributed by atoms with E-state index in [-0.39, 0.29) is 17.9 Å². The van der Waals surface area contributed by atoms with Gasteiger partial charge in [0, 0.05) is 18.8 Å². The molecule has 0 radical (unpaired) electrons. The molecule has 0 saturated carbocycles. The molecule has 3 rings (SSSR count). The number of morpholine rings is 1. The summed E-state index contributed by atoms with van der Waals surface area (Å²) in [6, 6.07) is 15.9. The lowest BCUT2D eigenvalue weighted by atomic mass is 9.87. The topological polar surface area (TPSA) is 62.8 Å². The third-order valence-electron chi connectivity index (χ3n) is 5.04. The lowest BCUT2D eigenvalue weighted by molar-refractivity contribution is -0.123. The van der Waals surface area contributed by atoms with Gasteiger partial charge < -0.3 is 14.4 Å². The minimum absolute atomic E-state index is 0.0783. The average Bonchev–Trinajstić information content (AvgIpc) is 2.76. The zero-order valence-electron chi connectivity index (χ0n) is 18.0. The van der Waals surface area contributed by atoms with Crippen molar-refractivity contribution in [3.63, 3.8) is 0 Å². The summed E-state index contributed by atoms with van der Waals surface area (Å²) in [4.78, 5) is 14.4. The van der Waals surface area contributed by atoms with Crippen molar-refractivity contribution in [1.29, 1.82) is 0 Å². The molecule has 30 heavy (non-hydrogen) atoms. The molecule has 1 aliphatic rings. The van der Waals surface area contributed by atoms with Crippen molar-refractivity contribution in [2.24, 2.45) is 0 Å². The number of ether oxygens (including phenoxy) is 2. The summed E-state index contributed by atoms with van der Waals surface area (Å²) in [5, 5.41) is 0. The van der Waals surface area contributed by atoms with Crippen molar-refractivity contribution >= 4 is 17.3 Å². The maximum Gasteiger partial charge on any atom is 0.276 e. The van der Waals surface area contributed by atoms with Crippen molar-refractivity contribution in [3.8, 4) is 5.75 Å². The molecule has 0 bridgehead atoms. The molecule has 6 heteroatoms. The van der Waals surface area contributed by atoms with Crippen LogP contribution in [0, 0.1) is 0 Å². The number of nitrogens with zero attached hydrogens (tertiary/aromatic N) is 1. The van der Waals surface area contributed by atoms with Crippen molar-refractivity contribution < 1.29 is 14.3 Å². The van der Waals surface area contributed by atoms with Gasteiger partial charge in [0.25, 0.3) is 5.91 Å². The van der Waals surface area contributed by atoms with Crippen LogP contribution >= 0.6 is 0 Å². The smallest absolute Gasteiger partial charge is 0.276 e. The number of anilines is 1. The Hall–Kier alpha value is -2.99. The van der Waals surface area contributed by atoms with Crippen molar-refractivity contribution in [2.75, 3.05) is 37.8 Å². The zero-order valence-corrected chi connectivity index (χ0v) is 18.0. The number of hydrazine groups is 1. The van der Waals surface area contributed by atoms with E-state index in [0.29, 0.717) is 11.4 Å². The van der Waals surface area contributed by atoms with Crippen LogP contribution in [-0.4, -0.2) is 38.8 Å². The maximum atomic E-state index is 12.1. The number of amides is 1. The molecule has 2 aromatic carbocycles. The van der Waals surface area contributed by atoms with E-state index in [4.69, 9.17) is 9.47 Å². The first-order valence-corrected chi connectivity index (χ1v) is 10.2. The first-order valence-electron chi connectivity index (χ1n) is 10.2. The highest BCUT2D eigenvalue weighted by Gasteiger charge is 2.14. The van der Waals surface area contributed by atoms with E-state index in [2.05, 4.69) is 55.2 Å². The quantitative estimate of drug-likeness (QED) is 0.686. The molecule has 6 nitrogen and oxygen atoms in total. The van der Waals surface area contributed by atoms with Gasteiger partial charge in [-0.1, -0.05) is 51.6 Å². The van der Waals surface area contributed by atoms with Gasteiger partial charge in [0.1, 0.15) is 5.75 Å². The molecule has 160 valence electrons. The second kappa shape index (κ2) is 9.67. The molecule has 0 aliphatic carbocycles. The summed E-state index contributed by atoms with van der Waals surface area (Å²) in [5.41, 5.74) is 9.47. The van der Waals surface area contributed by atoms with Crippen LogP contribution in [0.15, 0.2) is 55.1 Å². The van der Waals surface area contributed by atoms with E-state index in [0.717, 1.165) is 37.6 Å². The Bertz CT molecular complexity index is 849. The predicted octanol–water partition coefficient (Wildman–Crippen LogP) is 3.49. The van der Waals surface area contributed by atoms with Crippen LogP contribution in [-0.2, 0) is 14.9 Å². The fourth-order valence-electron chi connectivity index (χ4n) is 3.15. The number of hydrogen-bond acceptors (Lipinski definition) is 5. The second-order valence-electron chi connectivity index (χ2n) is 8.36. The number of hydrogen-bond donors (Lipinski definition) is 2. The van der Waals surface area contributed by atoms with E-state index in [1.807, 2.05) is 36.4 Å². The highest BCUT2D eigenvalue weighted by atomic mass is 16.5. The maximum absolute atomic E-state index is 12.1. The number of rotatable bonds is 7. The van der Waals surface area contributed by atoms with Gasteiger partial charge >= 0.3 is 0 Å². The van der Waals surface area contributed by atoms with Gasteiger partial charge in [-0.25, -0.2) is 0 Å². The fraction of sp³-hybridized carbons (Fsp3) is 0.375. The SMILES string of the molecule is C=C(NNC(=O)COc1ccc(C(C)(C)C)cc1)c1ccc(N2CCOCC2)cc1. The van der Waals surface area contributed by atoms with Gasteiger partial charge in [0.05, 0.1) is 18.9 Å². The van der Waals surface area contributed by atoms with E-state index in [1.54, 1.807) is 0 Å². The molecule has 1 amide bonds. The number of carbonyl (C=O) groups is 1. The molecule has 0 spiro atoms. The van der Waals surface area contributed by atoms with Crippen molar-refractivity contribution in [1.82, 2.24) is 10.9 Å². The van der Waals surface area contributed by atoms with Crippen molar-refractivity contribution in [2.45, 2.75) is 26.2 Å². The Morgan fingerprint density at radius 2 is 1.67 bits per heavy atom. The molecular formula is C24H31N3O3. The minimum Gasteiger partial charge on any atom is -0.484 e. The molecule has 0 atom stereocenters. The zero-order chi connectivity index (χ0) is 21.6. The van der Waals surface area contributed by atoms with Crippen LogP contribution < -0.4 is 20.5 Å². The minimum atomic E-state index is -0.277. The second-order valence-corrected chi connectivity index (χ2v) is 8.36. The van der Waals surface area contributed by atoms with Gasteiger partial charge in [0.2, 0.25) is 0 Å². The molecular weight excluding hydrogens is 378 g/mol. The van der Waals surface area contributed by atoms with Crippen molar-refractivity contribution in [3.05, 3.63) is 66.2 Å². The Kier molecular flexibility index (Phi) is 7.00. The first kappa shape index (κ1) is 21.7. The third-order valence-corrected chi connectivity index (χ3v) is 5.04. The van der Waals surface area contributed by atoms with E-state index in [1.165, 1.54) is 5.56 Å². The lowest BCUT2D eigenvalue weighted by Gasteiger charge is -2.29. The number of carbonyl (C=O) groups excluding carboxylic acids is 1. The van der Waals surface area contributed by atoms with Gasteiger partial charge in [-0.3, -0.25) is 15.6 Å². The molecule has 0 aromatic heterocycles. The third kappa shape index (κ3) is 6.00. The molecule has 2 N–H and O–H groups in total. The monoisotopic (exact) mass is 409 g/mol. The lowest BCUT2D eigenvalue weighted by Crippen LogP contribution is -2.39. The molecule has 1 saturated heterocycles. The predicted molar refractivity (Wildman–Crippen MR) is 120 cm³/mol. The van der Waals surface area contributed by atoms with Gasteiger partial charge in [-0.05, 0) is 40.8 Å². The van der Waals surface area contributed by atoms with E-state index >= 15 is 0 Å². The summed E-state index contributed by atoms with van der Waals surface area (Å²) in [7, 11) is 0. The Morgan fingerprint density at radius 3 is 2.27 bits per heavy atom. The molecule has 1 heterocycles. The van der Waals surface area contributed by atoms with E-state index in [9.17, 15) is 4.79 Å². The Morgan fingerprint density at radius 1 is 1.03 bits per heavy atom. The van der Waals surface area contributed by atoms with Gasteiger partial charge in [-0.15, -0.1) is 0 Å². The number of nitrogens with one attached hydrogen (secondary N) is 2. The van der Waals surface area contributed by atoms with Crippen LogP contribution in [0.25, 0.3) is 5.70 Å². The van der Waals surface area contributed by atoms with Crippen LogP contribution in [0.5, 0.6) is 5.75 Å². The molecule has 0 unspecified atom stereocenters. The number of benzene rings is 2. The molecule has 1 fully saturated rings. The Balaban J connectivity index is 1.43. The summed E-state index contributed by atoms with van der Waals surface area (Å²) in [6.07, 6.45) is 0. The summed E-state index contributed by atoms with van der Waals surface area (Å²) < 4.78 is 10.9. The highest BCUT2D eigenvalue weighted by Crippen LogP contribution is 2.24. The normalized spacial score (nSPS) is 14.2. The Labute approximate surface area is 178 Å². The van der Waals surface area contributed by atoms with Gasteiger partial charge in [0.15, 0.2) is 6.61 Å². The van der Waals surface area contributed by atoms with Crippen LogP contribution in [0.3, 0.4) is 0 Å². The molecule has 2 aromatic rings. The first-order chi connectivity index (χ1) is 14.3. The van der Waals surface area contributed by atoms with Gasteiger partial charge in [-0.2, -0.15) is 0 Å². The van der Waals surface area contributed by atoms with Crippen LogP contribution in [0.4, 0.5) is 5.69 Å². The summed E-state index contributed by atoms with van der Waals surface area (Å²) in [6.45, 7) is 13.7. The average molecular weight is 410 g/mol. The molecule has 1 aliphatic heterocycles.